The Kier molecular flexibility index (Phi) is 4.64. The smallest absolute Gasteiger partial charge is 0.246 e. The molecule has 0 spiro atoms. The maximum absolute atomic E-state index is 12.2. The van der Waals surface area contributed by atoms with Crippen molar-refractivity contribution in [2.75, 3.05) is 13.1 Å². The van der Waals surface area contributed by atoms with Crippen molar-refractivity contribution in [3.05, 3.63) is 72.1 Å². The number of pyridine rings is 1. The van der Waals surface area contributed by atoms with Gasteiger partial charge in [0.15, 0.2) is 0 Å². The minimum atomic E-state index is 0.0967. The van der Waals surface area contributed by atoms with Crippen LogP contribution in [0.15, 0.2) is 60.9 Å². The molecule has 1 amide bonds. The van der Waals surface area contributed by atoms with E-state index in [9.17, 15) is 4.79 Å². The number of likely N-dealkylation sites (tertiary alicyclic amines) is 1. The summed E-state index contributed by atoms with van der Waals surface area (Å²) in [6.45, 7) is 1.71. The molecule has 112 valence electrons. The molecule has 3 heteroatoms. The highest BCUT2D eigenvalue weighted by Gasteiger charge is 2.24. The van der Waals surface area contributed by atoms with Gasteiger partial charge in [-0.05, 0) is 42.0 Å². The number of hydrogen-bond acceptors (Lipinski definition) is 2. The molecule has 2 heterocycles. The summed E-state index contributed by atoms with van der Waals surface area (Å²) in [6, 6.07) is 14.3. The van der Waals surface area contributed by atoms with Crippen LogP contribution in [0.2, 0.25) is 0 Å². The van der Waals surface area contributed by atoms with Crippen molar-refractivity contribution in [1.82, 2.24) is 9.88 Å². The van der Waals surface area contributed by atoms with Gasteiger partial charge in [0.1, 0.15) is 0 Å². The van der Waals surface area contributed by atoms with Crippen molar-refractivity contribution in [1.29, 1.82) is 0 Å². The van der Waals surface area contributed by atoms with Crippen LogP contribution < -0.4 is 0 Å². The van der Waals surface area contributed by atoms with E-state index in [0.717, 1.165) is 31.5 Å². The van der Waals surface area contributed by atoms with Crippen molar-refractivity contribution in [2.24, 2.45) is 5.92 Å². The minimum absolute atomic E-state index is 0.0967. The fraction of sp³-hybridized carbons (Fsp3) is 0.263. The summed E-state index contributed by atoms with van der Waals surface area (Å²) in [5.41, 5.74) is 2.31. The Morgan fingerprint density at radius 1 is 1.23 bits per heavy atom. The first kappa shape index (κ1) is 14.5. The molecule has 3 rings (SSSR count). The molecule has 0 bridgehead atoms. The third kappa shape index (κ3) is 3.82. The Bertz CT molecular complexity index is 637. The number of amides is 1. The van der Waals surface area contributed by atoms with Crippen LogP contribution >= 0.6 is 0 Å². The van der Waals surface area contributed by atoms with Gasteiger partial charge >= 0.3 is 0 Å². The molecule has 1 aromatic carbocycles. The van der Waals surface area contributed by atoms with Gasteiger partial charge in [0.2, 0.25) is 5.91 Å². The van der Waals surface area contributed by atoms with Crippen molar-refractivity contribution >= 4 is 12.0 Å². The highest BCUT2D eigenvalue weighted by Crippen LogP contribution is 2.21. The molecule has 1 fully saturated rings. The fourth-order valence-electron chi connectivity index (χ4n) is 2.89. The van der Waals surface area contributed by atoms with Crippen molar-refractivity contribution in [3.8, 4) is 0 Å². The highest BCUT2D eigenvalue weighted by atomic mass is 16.2. The average molecular weight is 292 g/mol. The second-order valence-electron chi connectivity index (χ2n) is 5.75. The molecule has 3 nitrogen and oxygen atoms in total. The molecule has 1 aliphatic heterocycles. The van der Waals surface area contributed by atoms with Crippen LogP contribution in [-0.2, 0) is 11.2 Å². The van der Waals surface area contributed by atoms with Crippen LogP contribution in [0.4, 0.5) is 0 Å². The van der Waals surface area contributed by atoms with E-state index in [0.29, 0.717) is 5.92 Å². The Hall–Kier alpha value is -2.42. The largest absolute Gasteiger partial charge is 0.339 e. The third-order valence-electron chi connectivity index (χ3n) is 4.07. The number of carbonyl (C=O) groups is 1. The van der Waals surface area contributed by atoms with Crippen molar-refractivity contribution < 1.29 is 4.79 Å². The Morgan fingerprint density at radius 3 is 2.86 bits per heavy atom. The molecule has 1 saturated heterocycles. The summed E-state index contributed by atoms with van der Waals surface area (Å²) >= 11 is 0. The lowest BCUT2D eigenvalue weighted by Crippen LogP contribution is -2.27. The van der Waals surface area contributed by atoms with Gasteiger partial charge in [-0.3, -0.25) is 9.78 Å². The van der Waals surface area contributed by atoms with Gasteiger partial charge in [-0.2, -0.15) is 0 Å². The molecule has 2 aromatic rings. The van der Waals surface area contributed by atoms with Crippen LogP contribution in [0.3, 0.4) is 0 Å². The summed E-state index contributed by atoms with van der Waals surface area (Å²) < 4.78 is 0. The highest BCUT2D eigenvalue weighted by molar-refractivity contribution is 5.91. The Labute approximate surface area is 131 Å². The minimum Gasteiger partial charge on any atom is -0.339 e. The zero-order chi connectivity index (χ0) is 15.2. The first-order valence-electron chi connectivity index (χ1n) is 7.72. The van der Waals surface area contributed by atoms with E-state index >= 15 is 0 Å². The van der Waals surface area contributed by atoms with E-state index < -0.39 is 0 Å². The van der Waals surface area contributed by atoms with Gasteiger partial charge in [0.25, 0.3) is 0 Å². The number of aromatic nitrogens is 1. The third-order valence-corrected chi connectivity index (χ3v) is 4.07. The number of nitrogens with zero attached hydrogens (tertiary/aromatic N) is 2. The molecule has 0 radical (unpaired) electrons. The molecule has 0 N–H and O–H groups in total. The SMILES string of the molecule is O=C(/C=C\c1cccnc1)N1CC[C@H](Cc2ccccc2)C1. The number of hydrogen-bond donors (Lipinski definition) is 0. The molecular weight excluding hydrogens is 272 g/mol. The zero-order valence-corrected chi connectivity index (χ0v) is 12.6. The first-order valence-corrected chi connectivity index (χ1v) is 7.72. The molecule has 0 aliphatic carbocycles. The van der Waals surface area contributed by atoms with E-state index in [2.05, 4.69) is 29.2 Å². The predicted molar refractivity (Wildman–Crippen MR) is 88.1 cm³/mol. The van der Waals surface area contributed by atoms with Crippen LogP contribution in [-0.4, -0.2) is 28.9 Å². The topological polar surface area (TPSA) is 33.2 Å². The Morgan fingerprint density at radius 2 is 2.09 bits per heavy atom. The molecule has 1 aromatic heterocycles. The van der Waals surface area contributed by atoms with Gasteiger partial charge in [0, 0.05) is 31.6 Å². The fourth-order valence-corrected chi connectivity index (χ4v) is 2.89. The normalized spacial score (nSPS) is 18.0. The molecule has 1 aliphatic rings. The maximum atomic E-state index is 12.2. The van der Waals surface area contributed by atoms with Crippen molar-refractivity contribution in [3.63, 3.8) is 0 Å². The predicted octanol–water partition coefficient (Wildman–Crippen LogP) is 3.19. The van der Waals surface area contributed by atoms with E-state index in [1.54, 1.807) is 18.5 Å². The Balaban J connectivity index is 1.54. The number of benzene rings is 1. The molecule has 0 unspecified atom stereocenters. The summed E-state index contributed by atoms with van der Waals surface area (Å²) in [5.74, 6) is 0.664. The summed E-state index contributed by atoms with van der Waals surface area (Å²) in [5, 5.41) is 0. The van der Waals surface area contributed by atoms with E-state index in [1.165, 1.54) is 5.56 Å². The lowest BCUT2D eigenvalue weighted by atomic mass is 9.99. The van der Waals surface area contributed by atoms with E-state index in [-0.39, 0.29) is 5.91 Å². The monoisotopic (exact) mass is 292 g/mol. The van der Waals surface area contributed by atoms with Gasteiger partial charge < -0.3 is 4.90 Å². The number of rotatable bonds is 4. The maximum Gasteiger partial charge on any atom is 0.246 e. The summed E-state index contributed by atoms with van der Waals surface area (Å²) in [7, 11) is 0. The van der Waals surface area contributed by atoms with E-state index in [4.69, 9.17) is 0 Å². The quantitative estimate of drug-likeness (QED) is 0.811. The lowest BCUT2D eigenvalue weighted by Gasteiger charge is -2.14. The lowest BCUT2D eigenvalue weighted by molar-refractivity contribution is -0.125. The van der Waals surface area contributed by atoms with E-state index in [1.807, 2.05) is 29.2 Å². The second kappa shape index (κ2) is 7.03. The van der Waals surface area contributed by atoms with Crippen LogP contribution in [0.1, 0.15) is 17.5 Å². The summed E-state index contributed by atoms with van der Waals surface area (Å²) in [6.07, 6.45) is 9.11. The molecule has 1 atom stereocenters. The second-order valence-corrected chi connectivity index (χ2v) is 5.75. The van der Waals surface area contributed by atoms with Gasteiger partial charge in [0.05, 0.1) is 0 Å². The number of carbonyl (C=O) groups excluding carboxylic acids is 1. The van der Waals surface area contributed by atoms with Gasteiger partial charge in [-0.15, -0.1) is 0 Å². The molecule has 0 saturated carbocycles. The van der Waals surface area contributed by atoms with Crippen LogP contribution in [0.5, 0.6) is 0 Å². The molecular formula is C19H20N2O. The average Bonchev–Trinajstić information content (AvgIpc) is 3.03. The van der Waals surface area contributed by atoms with Gasteiger partial charge in [-0.1, -0.05) is 36.4 Å². The summed E-state index contributed by atoms with van der Waals surface area (Å²) in [4.78, 5) is 18.2. The molecule has 22 heavy (non-hydrogen) atoms. The standard InChI is InChI=1S/C19H20N2O/c22-19(9-8-17-7-4-11-20-14-17)21-12-10-18(15-21)13-16-5-2-1-3-6-16/h1-9,11,14,18H,10,12-13,15H2/b9-8-/t18-/m1/s1. The van der Waals surface area contributed by atoms with Crippen LogP contribution in [0, 0.1) is 5.92 Å². The van der Waals surface area contributed by atoms with Crippen LogP contribution in [0.25, 0.3) is 6.08 Å². The first-order chi connectivity index (χ1) is 10.8. The zero-order valence-electron chi connectivity index (χ0n) is 12.6. The van der Waals surface area contributed by atoms with Gasteiger partial charge in [-0.25, -0.2) is 0 Å². The van der Waals surface area contributed by atoms with Crippen molar-refractivity contribution in [2.45, 2.75) is 12.8 Å².